The van der Waals surface area contributed by atoms with Gasteiger partial charge in [0.25, 0.3) is 0 Å². The van der Waals surface area contributed by atoms with Gasteiger partial charge in [-0.15, -0.1) is 0 Å². The largest absolute Gasteiger partial charge is 0.477 e. The van der Waals surface area contributed by atoms with Crippen molar-refractivity contribution in [3.63, 3.8) is 0 Å². The van der Waals surface area contributed by atoms with Crippen LogP contribution in [0, 0.1) is 0 Å². The lowest BCUT2D eigenvalue weighted by Gasteiger charge is -2.19. The van der Waals surface area contributed by atoms with Crippen LogP contribution >= 0.6 is 0 Å². The van der Waals surface area contributed by atoms with E-state index in [1.54, 1.807) is 0 Å². The van der Waals surface area contributed by atoms with Gasteiger partial charge in [0.15, 0.2) is 0 Å². The summed E-state index contributed by atoms with van der Waals surface area (Å²) in [5.74, 6) is -1.14. The number of hydrogen-bond acceptors (Lipinski definition) is 3. The van der Waals surface area contributed by atoms with Crippen LogP contribution in [0.15, 0.2) is 11.0 Å². The average Bonchev–Trinajstić information content (AvgIpc) is 2.01. The molecule has 0 saturated heterocycles. The van der Waals surface area contributed by atoms with E-state index in [0.29, 0.717) is 5.56 Å². The molecule has 76 valence electrons. The SMILES string of the molecule is CC(C)(C)c1cnc(=O)[nH]c1C(=O)O. The molecule has 0 aliphatic rings. The third-order valence-electron chi connectivity index (χ3n) is 1.83. The van der Waals surface area contributed by atoms with Crippen molar-refractivity contribution in [3.05, 3.63) is 27.9 Å². The van der Waals surface area contributed by atoms with Gasteiger partial charge in [-0.05, 0) is 5.41 Å². The third-order valence-corrected chi connectivity index (χ3v) is 1.83. The molecule has 0 atom stereocenters. The maximum absolute atomic E-state index is 10.8. The number of rotatable bonds is 1. The van der Waals surface area contributed by atoms with Gasteiger partial charge in [-0.1, -0.05) is 20.8 Å². The molecular weight excluding hydrogens is 184 g/mol. The van der Waals surface area contributed by atoms with Crippen LogP contribution in [-0.4, -0.2) is 21.0 Å². The zero-order valence-corrected chi connectivity index (χ0v) is 8.29. The number of carbonyl (C=O) groups is 1. The molecule has 1 heterocycles. The second-order valence-electron chi connectivity index (χ2n) is 4.03. The molecule has 0 aromatic carbocycles. The Balaban J connectivity index is 3.44. The molecule has 14 heavy (non-hydrogen) atoms. The Hall–Kier alpha value is -1.65. The van der Waals surface area contributed by atoms with E-state index < -0.39 is 11.7 Å². The second kappa shape index (κ2) is 3.25. The van der Waals surface area contributed by atoms with Gasteiger partial charge in [0.2, 0.25) is 0 Å². The van der Waals surface area contributed by atoms with Gasteiger partial charge in [0.05, 0.1) is 0 Å². The van der Waals surface area contributed by atoms with E-state index >= 15 is 0 Å². The van der Waals surface area contributed by atoms with Crippen molar-refractivity contribution in [2.75, 3.05) is 0 Å². The molecule has 0 spiro atoms. The number of carboxylic acids is 1. The first kappa shape index (κ1) is 10.4. The summed E-state index contributed by atoms with van der Waals surface area (Å²) in [6.07, 6.45) is 1.31. The van der Waals surface area contributed by atoms with Crippen LogP contribution in [0.5, 0.6) is 0 Å². The van der Waals surface area contributed by atoms with Crippen LogP contribution in [0.1, 0.15) is 36.8 Å². The Morgan fingerprint density at radius 1 is 1.50 bits per heavy atom. The zero-order chi connectivity index (χ0) is 10.9. The van der Waals surface area contributed by atoms with Crippen LogP contribution in [0.25, 0.3) is 0 Å². The summed E-state index contributed by atoms with van der Waals surface area (Å²) in [4.78, 5) is 27.4. The quantitative estimate of drug-likeness (QED) is 0.694. The molecule has 0 aliphatic heterocycles. The van der Waals surface area contributed by atoms with Crippen LogP contribution in [0.3, 0.4) is 0 Å². The van der Waals surface area contributed by atoms with E-state index in [2.05, 4.69) is 9.97 Å². The number of aromatic amines is 1. The van der Waals surface area contributed by atoms with Crippen molar-refractivity contribution in [1.29, 1.82) is 0 Å². The van der Waals surface area contributed by atoms with E-state index in [9.17, 15) is 9.59 Å². The summed E-state index contributed by atoms with van der Waals surface area (Å²) in [5.41, 5.74) is -0.567. The Labute approximate surface area is 80.8 Å². The smallest absolute Gasteiger partial charge is 0.352 e. The summed E-state index contributed by atoms with van der Waals surface area (Å²) in [6, 6.07) is 0. The Bertz CT molecular complexity index is 415. The molecule has 0 saturated carbocycles. The van der Waals surface area contributed by atoms with E-state index in [0.717, 1.165) is 0 Å². The van der Waals surface area contributed by atoms with Crippen LogP contribution in [0.2, 0.25) is 0 Å². The monoisotopic (exact) mass is 196 g/mol. The molecule has 0 amide bonds. The number of H-pyrrole nitrogens is 1. The van der Waals surface area contributed by atoms with Crippen LogP contribution in [0.4, 0.5) is 0 Å². The van der Waals surface area contributed by atoms with Gasteiger partial charge < -0.3 is 5.11 Å². The minimum absolute atomic E-state index is 0.0856. The Morgan fingerprint density at radius 3 is 2.50 bits per heavy atom. The Kier molecular flexibility index (Phi) is 2.42. The number of hydrogen-bond donors (Lipinski definition) is 2. The zero-order valence-electron chi connectivity index (χ0n) is 8.29. The second-order valence-corrected chi connectivity index (χ2v) is 4.03. The summed E-state index contributed by atoms with van der Waals surface area (Å²) in [5, 5.41) is 8.86. The fraction of sp³-hybridized carbons (Fsp3) is 0.444. The summed E-state index contributed by atoms with van der Waals surface area (Å²) in [7, 11) is 0. The molecule has 1 aromatic heterocycles. The van der Waals surface area contributed by atoms with Gasteiger partial charge in [0, 0.05) is 11.8 Å². The maximum atomic E-state index is 10.8. The van der Waals surface area contributed by atoms with Crippen molar-refractivity contribution in [2.45, 2.75) is 26.2 Å². The summed E-state index contributed by atoms with van der Waals surface area (Å²) in [6.45, 7) is 5.57. The molecular formula is C9H12N2O3. The molecule has 0 unspecified atom stereocenters. The highest BCUT2D eigenvalue weighted by Gasteiger charge is 2.22. The number of nitrogens with zero attached hydrogens (tertiary/aromatic N) is 1. The van der Waals surface area contributed by atoms with E-state index in [4.69, 9.17) is 5.11 Å². The molecule has 1 rings (SSSR count). The fourth-order valence-electron chi connectivity index (χ4n) is 1.13. The highest BCUT2D eigenvalue weighted by atomic mass is 16.4. The van der Waals surface area contributed by atoms with Gasteiger partial charge in [-0.2, -0.15) is 0 Å². The van der Waals surface area contributed by atoms with Gasteiger partial charge in [0.1, 0.15) is 5.69 Å². The van der Waals surface area contributed by atoms with E-state index in [1.807, 2.05) is 20.8 Å². The van der Waals surface area contributed by atoms with Gasteiger partial charge in [-0.3, -0.25) is 4.98 Å². The maximum Gasteiger partial charge on any atom is 0.352 e. The van der Waals surface area contributed by atoms with Crippen molar-refractivity contribution >= 4 is 5.97 Å². The number of aromatic nitrogens is 2. The predicted molar refractivity (Wildman–Crippen MR) is 50.5 cm³/mol. The number of nitrogens with one attached hydrogen (secondary N) is 1. The average molecular weight is 196 g/mol. The number of aromatic carboxylic acids is 1. The lowest BCUT2D eigenvalue weighted by molar-refractivity contribution is 0.0686. The van der Waals surface area contributed by atoms with Crippen LogP contribution in [-0.2, 0) is 5.41 Å². The fourth-order valence-corrected chi connectivity index (χ4v) is 1.13. The van der Waals surface area contributed by atoms with Crippen molar-refractivity contribution in [2.24, 2.45) is 0 Å². The standard InChI is InChI=1S/C9H12N2O3/c1-9(2,3)5-4-10-8(14)11-6(5)7(12)13/h4H,1-3H3,(H,12,13)(H,10,11,14). The summed E-state index contributed by atoms with van der Waals surface area (Å²) >= 11 is 0. The van der Waals surface area contributed by atoms with Crippen molar-refractivity contribution in [1.82, 2.24) is 9.97 Å². The topological polar surface area (TPSA) is 83.0 Å². The molecule has 0 fully saturated rings. The van der Waals surface area contributed by atoms with Gasteiger partial charge in [-0.25, -0.2) is 14.6 Å². The first-order chi connectivity index (χ1) is 6.32. The molecule has 5 heteroatoms. The minimum atomic E-state index is -1.14. The molecule has 0 bridgehead atoms. The lowest BCUT2D eigenvalue weighted by atomic mass is 9.87. The van der Waals surface area contributed by atoms with E-state index in [1.165, 1.54) is 6.20 Å². The molecule has 0 aliphatic carbocycles. The lowest BCUT2D eigenvalue weighted by Crippen LogP contribution is -2.24. The van der Waals surface area contributed by atoms with Gasteiger partial charge >= 0.3 is 11.7 Å². The number of carboxylic acid groups (broad SMARTS) is 1. The van der Waals surface area contributed by atoms with Crippen LogP contribution < -0.4 is 5.69 Å². The first-order valence-corrected chi connectivity index (χ1v) is 4.15. The molecule has 5 nitrogen and oxygen atoms in total. The minimum Gasteiger partial charge on any atom is -0.477 e. The normalized spacial score (nSPS) is 11.4. The molecule has 0 radical (unpaired) electrons. The highest BCUT2D eigenvalue weighted by Crippen LogP contribution is 2.22. The van der Waals surface area contributed by atoms with Crippen molar-refractivity contribution in [3.8, 4) is 0 Å². The Morgan fingerprint density at radius 2 is 2.07 bits per heavy atom. The molecule has 1 aromatic rings. The summed E-state index contributed by atoms with van der Waals surface area (Å²) < 4.78 is 0. The third kappa shape index (κ3) is 1.99. The highest BCUT2D eigenvalue weighted by molar-refractivity contribution is 5.87. The first-order valence-electron chi connectivity index (χ1n) is 4.15. The predicted octanol–water partition coefficient (Wildman–Crippen LogP) is 0.766. The van der Waals surface area contributed by atoms with E-state index in [-0.39, 0.29) is 11.1 Å². The van der Waals surface area contributed by atoms with Crippen molar-refractivity contribution < 1.29 is 9.90 Å². The molecule has 2 N–H and O–H groups in total.